The van der Waals surface area contributed by atoms with Gasteiger partial charge in [0.25, 0.3) is 0 Å². The Hall–Kier alpha value is -0.850. The van der Waals surface area contributed by atoms with Crippen molar-refractivity contribution in [1.82, 2.24) is 20.4 Å². The van der Waals surface area contributed by atoms with E-state index in [0.29, 0.717) is 6.04 Å². The van der Waals surface area contributed by atoms with E-state index in [4.69, 9.17) is 4.74 Å². The predicted molar refractivity (Wildman–Crippen MR) is 105 cm³/mol. The summed E-state index contributed by atoms with van der Waals surface area (Å²) in [7, 11) is 1.87. The summed E-state index contributed by atoms with van der Waals surface area (Å²) in [5, 5.41) is 7.09. The van der Waals surface area contributed by atoms with Crippen LogP contribution in [0.3, 0.4) is 0 Å². The summed E-state index contributed by atoms with van der Waals surface area (Å²) in [5.74, 6) is 1.71. The molecule has 0 aliphatic carbocycles. The molecule has 2 fully saturated rings. The predicted octanol–water partition coefficient (Wildman–Crippen LogP) is 1.38. The molecule has 1 atom stereocenters. The second kappa shape index (κ2) is 11.7. The average molecular weight is 354 g/mol. The molecule has 2 saturated heterocycles. The van der Waals surface area contributed by atoms with Gasteiger partial charge >= 0.3 is 0 Å². The zero-order chi connectivity index (χ0) is 17.9. The highest BCUT2D eigenvalue weighted by molar-refractivity contribution is 5.79. The molecule has 6 nitrogen and oxygen atoms in total. The van der Waals surface area contributed by atoms with Crippen molar-refractivity contribution < 1.29 is 4.74 Å². The summed E-state index contributed by atoms with van der Waals surface area (Å²) >= 11 is 0. The SMILES string of the molecule is CCCN(CC)CCNC(=NC)NC1CCN(CC2CCOC2)CC1. The molecule has 2 rings (SSSR count). The van der Waals surface area contributed by atoms with Gasteiger partial charge in [-0.1, -0.05) is 13.8 Å². The lowest BCUT2D eigenvalue weighted by Crippen LogP contribution is -2.50. The smallest absolute Gasteiger partial charge is 0.191 e. The fourth-order valence-corrected chi connectivity index (χ4v) is 3.82. The number of likely N-dealkylation sites (tertiary alicyclic amines) is 1. The van der Waals surface area contributed by atoms with Crippen molar-refractivity contribution in [3.8, 4) is 0 Å². The molecule has 0 aromatic carbocycles. The first-order valence-electron chi connectivity index (χ1n) is 10.2. The molecule has 0 bridgehead atoms. The molecule has 2 aliphatic heterocycles. The number of rotatable bonds is 9. The van der Waals surface area contributed by atoms with E-state index >= 15 is 0 Å². The van der Waals surface area contributed by atoms with E-state index in [1.165, 1.54) is 51.9 Å². The number of hydrogen-bond acceptors (Lipinski definition) is 4. The first-order valence-corrected chi connectivity index (χ1v) is 10.2. The highest BCUT2D eigenvalue weighted by Gasteiger charge is 2.24. The minimum absolute atomic E-state index is 0.542. The fourth-order valence-electron chi connectivity index (χ4n) is 3.82. The number of nitrogens with zero attached hydrogens (tertiary/aromatic N) is 3. The lowest BCUT2D eigenvalue weighted by Gasteiger charge is -2.34. The Morgan fingerprint density at radius 1 is 1.20 bits per heavy atom. The molecule has 25 heavy (non-hydrogen) atoms. The number of likely N-dealkylation sites (N-methyl/N-ethyl adjacent to an activating group) is 1. The van der Waals surface area contributed by atoms with E-state index in [1.54, 1.807) is 0 Å². The third-order valence-electron chi connectivity index (χ3n) is 5.40. The lowest BCUT2D eigenvalue weighted by atomic mass is 10.0. The van der Waals surface area contributed by atoms with Crippen LogP contribution in [0.5, 0.6) is 0 Å². The maximum atomic E-state index is 5.50. The Balaban J connectivity index is 1.61. The zero-order valence-corrected chi connectivity index (χ0v) is 16.6. The van der Waals surface area contributed by atoms with E-state index in [0.717, 1.165) is 44.7 Å². The molecular weight excluding hydrogens is 314 g/mol. The molecule has 0 amide bonds. The summed E-state index contributed by atoms with van der Waals surface area (Å²) in [5.41, 5.74) is 0. The number of guanidine groups is 1. The summed E-state index contributed by atoms with van der Waals surface area (Å²) in [4.78, 5) is 9.49. The topological polar surface area (TPSA) is 52.1 Å². The Labute approximate surface area is 154 Å². The minimum atomic E-state index is 0.542. The molecule has 2 N–H and O–H groups in total. The highest BCUT2D eigenvalue weighted by atomic mass is 16.5. The molecule has 0 aromatic heterocycles. The Morgan fingerprint density at radius 3 is 2.60 bits per heavy atom. The van der Waals surface area contributed by atoms with Crippen molar-refractivity contribution in [3.63, 3.8) is 0 Å². The maximum absolute atomic E-state index is 5.50. The van der Waals surface area contributed by atoms with Crippen LogP contribution in [0.1, 0.15) is 39.5 Å². The van der Waals surface area contributed by atoms with Crippen molar-refractivity contribution in [3.05, 3.63) is 0 Å². The van der Waals surface area contributed by atoms with Crippen LogP contribution in [0, 0.1) is 5.92 Å². The van der Waals surface area contributed by atoms with Gasteiger partial charge in [0.2, 0.25) is 0 Å². The van der Waals surface area contributed by atoms with Gasteiger partial charge in [0, 0.05) is 52.4 Å². The van der Waals surface area contributed by atoms with Gasteiger partial charge in [-0.05, 0) is 44.7 Å². The Bertz CT molecular complexity index is 376. The molecule has 2 aliphatic rings. The zero-order valence-electron chi connectivity index (χ0n) is 16.6. The van der Waals surface area contributed by atoms with Gasteiger partial charge in [-0.2, -0.15) is 0 Å². The second-order valence-electron chi connectivity index (χ2n) is 7.38. The van der Waals surface area contributed by atoms with Gasteiger partial charge in [0.1, 0.15) is 0 Å². The first-order chi connectivity index (χ1) is 12.2. The van der Waals surface area contributed by atoms with Crippen LogP contribution >= 0.6 is 0 Å². The fraction of sp³-hybridized carbons (Fsp3) is 0.947. The van der Waals surface area contributed by atoms with Gasteiger partial charge < -0.3 is 25.2 Å². The van der Waals surface area contributed by atoms with Crippen LogP contribution in [-0.2, 0) is 4.74 Å². The van der Waals surface area contributed by atoms with Crippen molar-refractivity contribution >= 4 is 5.96 Å². The van der Waals surface area contributed by atoms with Crippen LogP contribution in [0.15, 0.2) is 4.99 Å². The molecule has 146 valence electrons. The summed E-state index contributed by atoms with van der Waals surface area (Å²) in [6.45, 7) is 14.3. The van der Waals surface area contributed by atoms with E-state index in [1.807, 2.05) is 7.05 Å². The molecule has 0 saturated carbocycles. The number of aliphatic imine (C=N–C) groups is 1. The van der Waals surface area contributed by atoms with Gasteiger partial charge in [0.05, 0.1) is 6.61 Å². The van der Waals surface area contributed by atoms with Gasteiger partial charge in [-0.25, -0.2) is 0 Å². The second-order valence-corrected chi connectivity index (χ2v) is 7.38. The third kappa shape index (κ3) is 7.50. The van der Waals surface area contributed by atoms with Crippen LogP contribution in [-0.4, -0.2) is 87.9 Å². The normalized spacial score (nSPS) is 23.4. The van der Waals surface area contributed by atoms with Crippen molar-refractivity contribution in [2.75, 3.05) is 66.1 Å². The van der Waals surface area contributed by atoms with Crippen LogP contribution < -0.4 is 10.6 Å². The molecule has 0 spiro atoms. The van der Waals surface area contributed by atoms with Crippen molar-refractivity contribution in [2.45, 2.75) is 45.6 Å². The van der Waals surface area contributed by atoms with Crippen molar-refractivity contribution in [1.29, 1.82) is 0 Å². The van der Waals surface area contributed by atoms with Crippen molar-refractivity contribution in [2.24, 2.45) is 10.9 Å². The van der Waals surface area contributed by atoms with E-state index in [-0.39, 0.29) is 0 Å². The minimum Gasteiger partial charge on any atom is -0.381 e. The lowest BCUT2D eigenvalue weighted by molar-refractivity contribution is 0.150. The van der Waals surface area contributed by atoms with Gasteiger partial charge in [0.15, 0.2) is 5.96 Å². The van der Waals surface area contributed by atoms with E-state index in [2.05, 4.69) is 39.3 Å². The van der Waals surface area contributed by atoms with Crippen LogP contribution in [0.2, 0.25) is 0 Å². The summed E-state index contributed by atoms with van der Waals surface area (Å²) in [6, 6.07) is 0.542. The first kappa shape index (κ1) is 20.5. The molecule has 0 radical (unpaired) electrons. The van der Waals surface area contributed by atoms with Crippen LogP contribution in [0.25, 0.3) is 0 Å². The van der Waals surface area contributed by atoms with Gasteiger partial charge in [-0.15, -0.1) is 0 Å². The largest absolute Gasteiger partial charge is 0.381 e. The Morgan fingerprint density at radius 2 is 2.00 bits per heavy atom. The monoisotopic (exact) mass is 353 g/mol. The van der Waals surface area contributed by atoms with E-state index in [9.17, 15) is 0 Å². The highest BCUT2D eigenvalue weighted by Crippen LogP contribution is 2.17. The number of nitrogens with one attached hydrogen (secondary N) is 2. The standard InChI is InChI=1S/C19H39N5O/c1-4-10-23(5-2)13-9-21-19(20-3)22-18-6-11-24(12-7-18)15-17-8-14-25-16-17/h17-18H,4-16H2,1-3H3,(H2,20,21,22). The molecule has 6 heteroatoms. The molecular formula is C19H39N5O. The quantitative estimate of drug-likeness (QED) is 0.485. The molecule has 1 unspecified atom stereocenters. The summed E-state index contributed by atoms with van der Waals surface area (Å²) in [6.07, 6.45) is 4.85. The van der Waals surface area contributed by atoms with Crippen LogP contribution in [0.4, 0.5) is 0 Å². The number of hydrogen-bond donors (Lipinski definition) is 2. The Kier molecular flexibility index (Phi) is 9.58. The maximum Gasteiger partial charge on any atom is 0.191 e. The van der Waals surface area contributed by atoms with Gasteiger partial charge in [-0.3, -0.25) is 4.99 Å². The number of piperidine rings is 1. The average Bonchev–Trinajstić information content (AvgIpc) is 3.14. The summed E-state index contributed by atoms with van der Waals surface area (Å²) < 4.78 is 5.50. The third-order valence-corrected chi connectivity index (χ3v) is 5.40. The molecule has 2 heterocycles. The number of ether oxygens (including phenoxy) is 1. The van der Waals surface area contributed by atoms with E-state index < -0.39 is 0 Å². The molecule has 0 aromatic rings.